The maximum atomic E-state index is 11.9. The van der Waals surface area contributed by atoms with E-state index in [1.54, 1.807) is 18.0 Å². The Morgan fingerprint density at radius 2 is 2.27 bits per heavy atom. The van der Waals surface area contributed by atoms with Gasteiger partial charge in [-0.05, 0) is 26.0 Å². The monoisotopic (exact) mass is 207 g/mol. The summed E-state index contributed by atoms with van der Waals surface area (Å²) in [5.74, 6) is -0.0864. The molecule has 15 heavy (non-hydrogen) atoms. The Morgan fingerprint density at radius 3 is 2.80 bits per heavy atom. The molecule has 4 nitrogen and oxygen atoms in total. The Hall–Kier alpha value is -1.42. The molecule has 0 saturated carbocycles. The number of nitrogens with zero attached hydrogens (tertiary/aromatic N) is 2. The average molecular weight is 207 g/mol. The quantitative estimate of drug-likeness (QED) is 0.798. The van der Waals surface area contributed by atoms with E-state index >= 15 is 0 Å². The second-order valence-electron chi connectivity index (χ2n) is 3.66. The summed E-state index contributed by atoms with van der Waals surface area (Å²) in [6, 6.07) is 5.44. The minimum atomic E-state index is -0.0864. The zero-order chi connectivity index (χ0) is 11.4. The average Bonchev–Trinajstić information content (AvgIpc) is 2.26. The molecule has 0 aromatic carbocycles. The van der Waals surface area contributed by atoms with Crippen LogP contribution in [0.5, 0.6) is 0 Å². The molecule has 1 aromatic rings. The van der Waals surface area contributed by atoms with Crippen molar-refractivity contribution in [3.05, 3.63) is 29.6 Å². The van der Waals surface area contributed by atoms with Crippen LogP contribution >= 0.6 is 0 Å². The lowest BCUT2D eigenvalue weighted by Gasteiger charge is -2.23. The number of carbonyl (C=O) groups excluding carboxylic acids is 1. The molecule has 0 aliphatic heterocycles. The molecule has 0 saturated heterocycles. The van der Waals surface area contributed by atoms with Gasteiger partial charge in [0, 0.05) is 25.3 Å². The molecule has 1 unspecified atom stereocenters. The lowest BCUT2D eigenvalue weighted by atomic mass is 10.2. The van der Waals surface area contributed by atoms with Crippen molar-refractivity contribution in [3.8, 4) is 0 Å². The number of amides is 1. The molecular weight excluding hydrogens is 190 g/mol. The van der Waals surface area contributed by atoms with Crippen molar-refractivity contribution in [1.29, 1.82) is 0 Å². The minimum absolute atomic E-state index is 0.0276. The van der Waals surface area contributed by atoms with Gasteiger partial charge in [0.1, 0.15) is 5.69 Å². The van der Waals surface area contributed by atoms with Crippen molar-refractivity contribution in [2.45, 2.75) is 19.9 Å². The first-order valence-corrected chi connectivity index (χ1v) is 4.97. The summed E-state index contributed by atoms with van der Waals surface area (Å²) < 4.78 is 0. The van der Waals surface area contributed by atoms with Crippen molar-refractivity contribution >= 4 is 5.91 Å². The lowest BCUT2D eigenvalue weighted by molar-refractivity contribution is 0.0742. The predicted octanol–water partition coefficient (Wildman–Crippen LogP) is 0.809. The Morgan fingerprint density at radius 1 is 1.60 bits per heavy atom. The molecule has 0 aliphatic rings. The highest BCUT2D eigenvalue weighted by Crippen LogP contribution is 2.04. The molecule has 2 N–H and O–H groups in total. The van der Waals surface area contributed by atoms with Crippen LogP contribution in [0.1, 0.15) is 23.1 Å². The molecule has 82 valence electrons. The van der Waals surface area contributed by atoms with E-state index in [4.69, 9.17) is 5.73 Å². The number of aryl methyl sites for hydroxylation is 1. The van der Waals surface area contributed by atoms with Crippen LogP contribution in [0.3, 0.4) is 0 Å². The largest absolute Gasteiger partial charge is 0.336 e. The van der Waals surface area contributed by atoms with E-state index in [9.17, 15) is 4.79 Å². The van der Waals surface area contributed by atoms with Crippen LogP contribution in [-0.4, -0.2) is 35.4 Å². The van der Waals surface area contributed by atoms with Gasteiger partial charge in [-0.2, -0.15) is 0 Å². The number of hydrogen-bond donors (Lipinski definition) is 1. The zero-order valence-electron chi connectivity index (χ0n) is 9.40. The third-order valence-electron chi connectivity index (χ3n) is 2.43. The van der Waals surface area contributed by atoms with Gasteiger partial charge in [-0.25, -0.2) is 4.98 Å². The Kier molecular flexibility index (Phi) is 3.80. The SMILES string of the molecule is Cc1cccc(C(=O)N(C)C(C)CN)n1. The van der Waals surface area contributed by atoms with Crippen molar-refractivity contribution < 1.29 is 4.79 Å². The molecule has 0 bridgehead atoms. The van der Waals surface area contributed by atoms with Crippen LogP contribution in [0.25, 0.3) is 0 Å². The number of nitrogens with two attached hydrogens (primary N) is 1. The Labute approximate surface area is 90.1 Å². The van der Waals surface area contributed by atoms with Crippen LogP contribution in [0, 0.1) is 6.92 Å². The number of hydrogen-bond acceptors (Lipinski definition) is 3. The highest BCUT2D eigenvalue weighted by Gasteiger charge is 2.17. The topological polar surface area (TPSA) is 59.2 Å². The smallest absolute Gasteiger partial charge is 0.272 e. The zero-order valence-corrected chi connectivity index (χ0v) is 9.40. The molecule has 0 fully saturated rings. The lowest BCUT2D eigenvalue weighted by Crippen LogP contribution is -2.40. The van der Waals surface area contributed by atoms with Gasteiger partial charge >= 0.3 is 0 Å². The minimum Gasteiger partial charge on any atom is -0.336 e. The van der Waals surface area contributed by atoms with Gasteiger partial charge in [0.2, 0.25) is 0 Å². The molecule has 1 aromatic heterocycles. The second-order valence-corrected chi connectivity index (χ2v) is 3.66. The fourth-order valence-electron chi connectivity index (χ4n) is 1.20. The molecule has 0 aliphatic carbocycles. The molecular formula is C11H17N3O. The van der Waals surface area contributed by atoms with Gasteiger partial charge in [-0.15, -0.1) is 0 Å². The Balaban J connectivity index is 2.85. The number of aromatic nitrogens is 1. The first kappa shape index (κ1) is 11.7. The highest BCUT2D eigenvalue weighted by molar-refractivity contribution is 5.92. The number of rotatable bonds is 3. The summed E-state index contributed by atoms with van der Waals surface area (Å²) in [4.78, 5) is 17.7. The van der Waals surface area contributed by atoms with Crippen molar-refractivity contribution in [1.82, 2.24) is 9.88 Å². The molecule has 1 atom stereocenters. The first-order chi connectivity index (χ1) is 7.06. The Bertz CT molecular complexity index is 351. The van der Waals surface area contributed by atoms with E-state index in [-0.39, 0.29) is 11.9 Å². The van der Waals surface area contributed by atoms with Crippen LogP contribution in [0.4, 0.5) is 0 Å². The molecule has 4 heteroatoms. The first-order valence-electron chi connectivity index (χ1n) is 4.97. The van der Waals surface area contributed by atoms with Gasteiger partial charge in [-0.1, -0.05) is 6.07 Å². The van der Waals surface area contributed by atoms with Crippen molar-refractivity contribution in [3.63, 3.8) is 0 Å². The fourth-order valence-corrected chi connectivity index (χ4v) is 1.20. The van der Waals surface area contributed by atoms with E-state index in [0.29, 0.717) is 12.2 Å². The van der Waals surface area contributed by atoms with Gasteiger partial charge in [0.25, 0.3) is 5.91 Å². The maximum Gasteiger partial charge on any atom is 0.272 e. The summed E-state index contributed by atoms with van der Waals surface area (Å²) in [5, 5.41) is 0. The van der Waals surface area contributed by atoms with E-state index in [1.807, 2.05) is 26.0 Å². The second kappa shape index (κ2) is 4.89. The van der Waals surface area contributed by atoms with E-state index < -0.39 is 0 Å². The van der Waals surface area contributed by atoms with Gasteiger partial charge < -0.3 is 10.6 Å². The van der Waals surface area contributed by atoms with Crippen molar-refractivity contribution in [2.75, 3.05) is 13.6 Å². The molecule has 1 rings (SSSR count). The molecule has 1 heterocycles. The molecule has 1 amide bonds. The van der Waals surface area contributed by atoms with Crippen molar-refractivity contribution in [2.24, 2.45) is 5.73 Å². The van der Waals surface area contributed by atoms with Crippen LogP contribution < -0.4 is 5.73 Å². The third-order valence-corrected chi connectivity index (χ3v) is 2.43. The summed E-state index contributed by atoms with van der Waals surface area (Å²) in [6.07, 6.45) is 0. The number of carbonyl (C=O) groups is 1. The predicted molar refractivity (Wildman–Crippen MR) is 59.6 cm³/mol. The summed E-state index contributed by atoms with van der Waals surface area (Å²) in [5.41, 5.74) is 6.82. The maximum absolute atomic E-state index is 11.9. The molecule has 0 radical (unpaired) electrons. The van der Waals surface area contributed by atoms with Gasteiger partial charge in [0.05, 0.1) is 0 Å². The summed E-state index contributed by atoms with van der Waals surface area (Å²) in [7, 11) is 1.74. The van der Waals surface area contributed by atoms with E-state index in [0.717, 1.165) is 5.69 Å². The fraction of sp³-hybridized carbons (Fsp3) is 0.455. The standard InChI is InChI=1S/C11H17N3O/c1-8-5-4-6-10(13-8)11(15)14(3)9(2)7-12/h4-6,9H,7,12H2,1-3H3. The van der Waals surface area contributed by atoms with Gasteiger partial charge in [-0.3, -0.25) is 4.79 Å². The number of likely N-dealkylation sites (N-methyl/N-ethyl adjacent to an activating group) is 1. The van der Waals surface area contributed by atoms with Crippen LogP contribution in [-0.2, 0) is 0 Å². The van der Waals surface area contributed by atoms with Crippen LogP contribution in [0.15, 0.2) is 18.2 Å². The van der Waals surface area contributed by atoms with E-state index in [1.165, 1.54) is 0 Å². The summed E-state index contributed by atoms with van der Waals surface area (Å²) in [6.45, 7) is 4.23. The van der Waals surface area contributed by atoms with E-state index in [2.05, 4.69) is 4.98 Å². The van der Waals surface area contributed by atoms with Crippen LogP contribution in [0.2, 0.25) is 0 Å². The number of pyridine rings is 1. The normalized spacial score (nSPS) is 12.3. The highest BCUT2D eigenvalue weighted by atomic mass is 16.2. The third kappa shape index (κ3) is 2.76. The molecule has 0 spiro atoms. The van der Waals surface area contributed by atoms with Gasteiger partial charge in [0.15, 0.2) is 0 Å². The summed E-state index contributed by atoms with van der Waals surface area (Å²) >= 11 is 0.